The van der Waals surface area contributed by atoms with Crippen molar-refractivity contribution in [2.45, 2.75) is 29.9 Å². The van der Waals surface area contributed by atoms with E-state index in [4.69, 9.17) is 9.47 Å². The monoisotopic (exact) mass is 401 g/mol. The van der Waals surface area contributed by atoms with Crippen LogP contribution in [0, 0.1) is 11.7 Å². The fourth-order valence-electron chi connectivity index (χ4n) is 4.07. The summed E-state index contributed by atoms with van der Waals surface area (Å²) < 4.78 is 25.2. The largest absolute Gasteiger partial charge is 0.509 e. The number of rotatable bonds is 5. The fourth-order valence-corrected chi connectivity index (χ4v) is 4.48. The summed E-state index contributed by atoms with van der Waals surface area (Å²) in [5.74, 6) is 0.0450. The van der Waals surface area contributed by atoms with Gasteiger partial charge in [-0.3, -0.25) is 4.90 Å². The van der Waals surface area contributed by atoms with E-state index < -0.39 is 12.3 Å². The van der Waals surface area contributed by atoms with E-state index in [0.29, 0.717) is 11.5 Å². The van der Waals surface area contributed by atoms with Crippen LogP contribution in [0.25, 0.3) is 0 Å². The van der Waals surface area contributed by atoms with Crippen LogP contribution in [0.1, 0.15) is 30.1 Å². The number of hydrogen-bond donors (Lipinski definition) is 0. The summed E-state index contributed by atoms with van der Waals surface area (Å²) in [4.78, 5) is 16.0. The number of carbonyl (C=O) groups excluding carboxylic acids is 1. The lowest BCUT2D eigenvalue weighted by atomic mass is 9.86. The first-order chi connectivity index (χ1) is 13.6. The Morgan fingerprint density at radius 1 is 1.14 bits per heavy atom. The molecule has 2 aromatic carbocycles. The SMILES string of the molecule is CSc1ccc([C@@H](OC(=O)OC2CN3CCC2CC3)c2cccc(F)c2)cc1. The van der Waals surface area contributed by atoms with E-state index in [0.717, 1.165) is 42.9 Å². The van der Waals surface area contributed by atoms with E-state index in [-0.39, 0.29) is 11.9 Å². The minimum absolute atomic E-state index is 0.123. The van der Waals surface area contributed by atoms with Gasteiger partial charge in [0.2, 0.25) is 0 Å². The third-order valence-electron chi connectivity index (χ3n) is 5.63. The van der Waals surface area contributed by atoms with Crippen molar-refractivity contribution in [3.63, 3.8) is 0 Å². The summed E-state index contributed by atoms with van der Waals surface area (Å²) >= 11 is 1.63. The van der Waals surface area contributed by atoms with Crippen LogP contribution in [0.4, 0.5) is 9.18 Å². The van der Waals surface area contributed by atoms with Crippen molar-refractivity contribution in [2.24, 2.45) is 5.92 Å². The number of nitrogens with zero attached hydrogens (tertiary/aromatic N) is 1. The average molecular weight is 402 g/mol. The lowest BCUT2D eigenvalue weighted by Crippen LogP contribution is -2.52. The fraction of sp³-hybridized carbons (Fsp3) is 0.409. The zero-order chi connectivity index (χ0) is 19.5. The molecule has 5 rings (SSSR count). The van der Waals surface area contributed by atoms with Crippen LogP contribution in [-0.4, -0.2) is 43.0 Å². The second-order valence-corrected chi connectivity index (χ2v) is 8.25. The van der Waals surface area contributed by atoms with Crippen LogP contribution in [-0.2, 0) is 9.47 Å². The summed E-state index contributed by atoms with van der Waals surface area (Å²) in [5, 5.41) is 0. The highest BCUT2D eigenvalue weighted by atomic mass is 32.2. The van der Waals surface area contributed by atoms with Gasteiger partial charge < -0.3 is 9.47 Å². The van der Waals surface area contributed by atoms with Gasteiger partial charge in [0, 0.05) is 17.0 Å². The first-order valence-corrected chi connectivity index (χ1v) is 10.8. The van der Waals surface area contributed by atoms with Gasteiger partial charge >= 0.3 is 6.16 Å². The lowest BCUT2D eigenvalue weighted by Gasteiger charge is -2.43. The van der Waals surface area contributed by atoms with Gasteiger partial charge in [-0.25, -0.2) is 9.18 Å². The van der Waals surface area contributed by atoms with Gasteiger partial charge in [0.15, 0.2) is 6.10 Å². The predicted molar refractivity (Wildman–Crippen MR) is 107 cm³/mol. The summed E-state index contributed by atoms with van der Waals surface area (Å²) in [5.41, 5.74) is 1.37. The molecule has 0 N–H and O–H groups in total. The number of halogens is 1. The molecule has 4 nitrogen and oxygen atoms in total. The quantitative estimate of drug-likeness (QED) is 0.527. The molecule has 3 aliphatic heterocycles. The third kappa shape index (κ3) is 4.33. The van der Waals surface area contributed by atoms with Crippen LogP contribution in [0.3, 0.4) is 0 Å². The molecule has 3 aliphatic rings. The Bertz CT molecular complexity index is 821. The molecule has 0 aromatic heterocycles. The molecule has 3 fully saturated rings. The van der Waals surface area contributed by atoms with Crippen LogP contribution < -0.4 is 0 Å². The van der Waals surface area contributed by atoms with E-state index in [9.17, 15) is 9.18 Å². The molecule has 1 unspecified atom stereocenters. The van der Waals surface area contributed by atoms with Crippen LogP contribution in [0.2, 0.25) is 0 Å². The molecule has 0 spiro atoms. The zero-order valence-corrected chi connectivity index (χ0v) is 16.7. The summed E-state index contributed by atoms with van der Waals surface area (Å²) in [6, 6.07) is 13.9. The highest BCUT2D eigenvalue weighted by Gasteiger charge is 2.37. The summed E-state index contributed by atoms with van der Waals surface area (Å²) in [7, 11) is 0. The molecule has 0 radical (unpaired) electrons. The van der Waals surface area contributed by atoms with Gasteiger partial charge in [0.05, 0.1) is 0 Å². The number of ether oxygens (including phenoxy) is 2. The molecular formula is C22H24FNO3S. The normalized spacial score (nSPS) is 24.6. The van der Waals surface area contributed by atoms with Crippen LogP contribution >= 0.6 is 11.8 Å². The van der Waals surface area contributed by atoms with E-state index in [1.54, 1.807) is 23.9 Å². The Balaban J connectivity index is 1.52. The highest BCUT2D eigenvalue weighted by Crippen LogP contribution is 2.32. The van der Waals surface area contributed by atoms with Gasteiger partial charge in [0.1, 0.15) is 11.9 Å². The van der Waals surface area contributed by atoms with Crippen molar-refractivity contribution in [3.8, 4) is 0 Å². The van der Waals surface area contributed by atoms with Gasteiger partial charge in [-0.05, 0) is 67.9 Å². The number of piperidine rings is 3. The smallest absolute Gasteiger partial charge is 0.429 e. The molecular weight excluding hydrogens is 377 g/mol. The maximum atomic E-state index is 13.8. The zero-order valence-electron chi connectivity index (χ0n) is 15.8. The van der Waals surface area contributed by atoms with Crippen LogP contribution in [0.5, 0.6) is 0 Å². The Hall–Kier alpha value is -2.05. The molecule has 0 aliphatic carbocycles. The Morgan fingerprint density at radius 3 is 2.50 bits per heavy atom. The van der Waals surface area contributed by atoms with Crippen molar-refractivity contribution in [2.75, 3.05) is 25.9 Å². The molecule has 3 heterocycles. The van der Waals surface area contributed by atoms with Gasteiger partial charge in [-0.1, -0.05) is 24.3 Å². The first-order valence-electron chi connectivity index (χ1n) is 9.61. The standard InChI is InChI=1S/C22H24FNO3S/c1-28-19-7-5-16(6-8-19)21(17-3-2-4-18(23)13-17)27-22(25)26-20-14-24-11-9-15(20)10-12-24/h2-8,13,15,20-21H,9-12,14H2,1H3/t20?,21-/m1/s1. The van der Waals surface area contributed by atoms with Gasteiger partial charge in [-0.15, -0.1) is 11.8 Å². The summed E-state index contributed by atoms with van der Waals surface area (Å²) in [6.07, 6.45) is 2.59. The number of thioether (sulfide) groups is 1. The number of fused-ring (bicyclic) bond motifs is 3. The summed E-state index contributed by atoms with van der Waals surface area (Å²) in [6.45, 7) is 2.92. The topological polar surface area (TPSA) is 38.8 Å². The molecule has 28 heavy (non-hydrogen) atoms. The molecule has 0 saturated carbocycles. The van der Waals surface area contributed by atoms with E-state index in [1.807, 2.05) is 30.5 Å². The Morgan fingerprint density at radius 2 is 1.89 bits per heavy atom. The van der Waals surface area contributed by atoms with Gasteiger partial charge in [-0.2, -0.15) is 0 Å². The highest BCUT2D eigenvalue weighted by molar-refractivity contribution is 7.98. The average Bonchev–Trinajstić information content (AvgIpc) is 2.73. The molecule has 2 bridgehead atoms. The van der Waals surface area contributed by atoms with Gasteiger partial charge in [0.25, 0.3) is 0 Å². The second-order valence-electron chi connectivity index (χ2n) is 7.37. The molecule has 2 atom stereocenters. The molecule has 2 aromatic rings. The van der Waals surface area contributed by atoms with Crippen molar-refractivity contribution >= 4 is 17.9 Å². The Labute approximate surface area is 169 Å². The number of hydrogen-bond acceptors (Lipinski definition) is 5. The molecule has 0 amide bonds. The molecule has 6 heteroatoms. The van der Waals surface area contributed by atoms with Crippen molar-refractivity contribution in [3.05, 3.63) is 65.5 Å². The first kappa shape index (κ1) is 19.3. The number of benzene rings is 2. The predicted octanol–water partition coefficient (Wildman–Crippen LogP) is 4.88. The third-order valence-corrected chi connectivity index (χ3v) is 6.37. The van der Waals surface area contributed by atoms with Crippen molar-refractivity contribution in [1.82, 2.24) is 4.90 Å². The van der Waals surface area contributed by atoms with E-state index >= 15 is 0 Å². The maximum absolute atomic E-state index is 13.8. The second kappa shape index (κ2) is 8.53. The van der Waals surface area contributed by atoms with E-state index in [1.165, 1.54) is 12.1 Å². The maximum Gasteiger partial charge on any atom is 0.509 e. The minimum Gasteiger partial charge on any atom is -0.429 e. The lowest BCUT2D eigenvalue weighted by molar-refractivity contribution is -0.0642. The van der Waals surface area contributed by atoms with E-state index in [2.05, 4.69) is 4.90 Å². The molecule has 148 valence electrons. The van der Waals surface area contributed by atoms with Crippen molar-refractivity contribution < 1.29 is 18.7 Å². The molecule has 3 saturated heterocycles. The Kier molecular flexibility index (Phi) is 5.87. The van der Waals surface area contributed by atoms with Crippen LogP contribution in [0.15, 0.2) is 53.4 Å². The number of carbonyl (C=O) groups is 1. The van der Waals surface area contributed by atoms with Crippen molar-refractivity contribution in [1.29, 1.82) is 0 Å². The minimum atomic E-state index is -0.708.